The van der Waals surface area contributed by atoms with E-state index in [1.54, 1.807) is 6.07 Å². The molecule has 0 amide bonds. The topological polar surface area (TPSA) is 73.1 Å². The van der Waals surface area contributed by atoms with Gasteiger partial charge in [-0.25, -0.2) is 10.8 Å². The van der Waals surface area contributed by atoms with Crippen LogP contribution in [0.4, 0.5) is 5.82 Å². The van der Waals surface area contributed by atoms with Gasteiger partial charge in [0.1, 0.15) is 11.6 Å². The van der Waals surface area contributed by atoms with Crippen molar-refractivity contribution in [2.24, 2.45) is 5.84 Å². The maximum absolute atomic E-state index is 5.72. The van der Waals surface area contributed by atoms with Crippen molar-refractivity contribution in [3.8, 4) is 5.88 Å². The van der Waals surface area contributed by atoms with E-state index in [-0.39, 0.29) is 5.41 Å². The minimum absolute atomic E-state index is 0.133. The molecule has 0 aromatic carbocycles. The SMILES string of the molecule is CCCCCCCOc1cc(NN)nc(C(C)(C)C)n1. The van der Waals surface area contributed by atoms with E-state index in [0.717, 1.165) is 12.2 Å². The Morgan fingerprint density at radius 1 is 1.15 bits per heavy atom. The predicted molar refractivity (Wildman–Crippen MR) is 82.8 cm³/mol. The number of aromatic nitrogens is 2. The summed E-state index contributed by atoms with van der Waals surface area (Å²) in [6.07, 6.45) is 6.08. The third-order valence-corrected chi connectivity index (χ3v) is 3.02. The van der Waals surface area contributed by atoms with E-state index in [2.05, 4.69) is 43.1 Å². The summed E-state index contributed by atoms with van der Waals surface area (Å²) in [6.45, 7) is 9.10. The highest BCUT2D eigenvalue weighted by Gasteiger charge is 2.19. The van der Waals surface area contributed by atoms with Crippen molar-refractivity contribution in [2.45, 2.75) is 65.2 Å². The van der Waals surface area contributed by atoms with E-state index >= 15 is 0 Å². The smallest absolute Gasteiger partial charge is 0.218 e. The van der Waals surface area contributed by atoms with Crippen LogP contribution in [-0.4, -0.2) is 16.6 Å². The Hall–Kier alpha value is -1.36. The van der Waals surface area contributed by atoms with Gasteiger partial charge in [-0.15, -0.1) is 0 Å². The number of hydrogen-bond acceptors (Lipinski definition) is 5. The molecule has 114 valence electrons. The van der Waals surface area contributed by atoms with Gasteiger partial charge in [-0.3, -0.25) is 0 Å². The van der Waals surface area contributed by atoms with Gasteiger partial charge in [0.05, 0.1) is 6.61 Å². The van der Waals surface area contributed by atoms with Crippen LogP contribution in [0.5, 0.6) is 5.88 Å². The maximum atomic E-state index is 5.72. The zero-order valence-corrected chi connectivity index (χ0v) is 13.2. The largest absolute Gasteiger partial charge is 0.478 e. The van der Waals surface area contributed by atoms with Crippen LogP contribution in [0.15, 0.2) is 6.07 Å². The number of rotatable bonds is 8. The lowest BCUT2D eigenvalue weighted by Gasteiger charge is -2.18. The van der Waals surface area contributed by atoms with Gasteiger partial charge in [0.2, 0.25) is 5.88 Å². The molecular formula is C15H28N4O. The molecule has 1 aromatic heterocycles. The number of ether oxygens (including phenoxy) is 1. The number of anilines is 1. The molecule has 0 bridgehead atoms. The molecule has 20 heavy (non-hydrogen) atoms. The van der Waals surface area contributed by atoms with Gasteiger partial charge < -0.3 is 10.2 Å². The number of nitrogen functional groups attached to an aromatic ring is 1. The van der Waals surface area contributed by atoms with Crippen LogP contribution in [0.25, 0.3) is 0 Å². The standard InChI is InChI=1S/C15H28N4O/c1-5-6-7-8-9-10-20-13-11-12(19-16)17-14(18-13)15(2,3)4/h11H,5-10,16H2,1-4H3,(H,17,18,19). The maximum Gasteiger partial charge on any atom is 0.218 e. The Bertz CT molecular complexity index is 401. The average molecular weight is 280 g/mol. The van der Waals surface area contributed by atoms with Crippen LogP contribution in [0.3, 0.4) is 0 Å². The lowest BCUT2D eigenvalue weighted by atomic mass is 9.96. The Balaban J connectivity index is 2.56. The Morgan fingerprint density at radius 3 is 2.45 bits per heavy atom. The molecule has 5 heteroatoms. The Labute approximate surface area is 122 Å². The first-order valence-electron chi connectivity index (χ1n) is 7.46. The zero-order valence-electron chi connectivity index (χ0n) is 13.2. The quantitative estimate of drug-likeness (QED) is 0.434. The van der Waals surface area contributed by atoms with Crippen LogP contribution in [0, 0.1) is 0 Å². The minimum Gasteiger partial charge on any atom is -0.478 e. The van der Waals surface area contributed by atoms with Crippen molar-refractivity contribution in [3.05, 3.63) is 11.9 Å². The monoisotopic (exact) mass is 280 g/mol. The van der Waals surface area contributed by atoms with E-state index in [0.29, 0.717) is 18.3 Å². The van der Waals surface area contributed by atoms with Crippen LogP contribution < -0.4 is 16.0 Å². The van der Waals surface area contributed by atoms with E-state index in [1.165, 1.54) is 25.7 Å². The molecule has 0 atom stereocenters. The molecule has 0 aliphatic heterocycles. The van der Waals surface area contributed by atoms with Crippen molar-refractivity contribution < 1.29 is 4.74 Å². The first kappa shape index (κ1) is 16.7. The van der Waals surface area contributed by atoms with Crippen molar-refractivity contribution in [2.75, 3.05) is 12.0 Å². The summed E-state index contributed by atoms with van der Waals surface area (Å²) in [5, 5.41) is 0. The number of hydrazine groups is 1. The zero-order chi connectivity index (χ0) is 15.0. The van der Waals surface area contributed by atoms with Crippen LogP contribution in [0.2, 0.25) is 0 Å². The number of hydrogen-bond donors (Lipinski definition) is 2. The normalized spacial score (nSPS) is 11.4. The molecule has 0 aliphatic rings. The first-order chi connectivity index (χ1) is 9.47. The van der Waals surface area contributed by atoms with Crippen LogP contribution in [-0.2, 0) is 5.41 Å². The van der Waals surface area contributed by atoms with Crippen LogP contribution >= 0.6 is 0 Å². The average Bonchev–Trinajstić information content (AvgIpc) is 2.41. The van der Waals surface area contributed by atoms with Crippen molar-refractivity contribution in [1.29, 1.82) is 0 Å². The van der Waals surface area contributed by atoms with E-state index in [4.69, 9.17) is 10.6 Å². The van der Waals surface area contributed by atoms with Gasteiger partial charge in [0.25, 0.3) is 0 Å². The second-order valence-corrected chi connectivity index (χ2v) is 6.07. The fraction of sp³-hybridized carbons (Fsp3) is 0.733. The molecule has 0 fully saturated rings. The highest BCUT2D eigenvalue weighted by Crippen LogP contribution is 2.23. The lowest BCUT2D eigenvalue weighted by Crippen LogP contribution is -2.19. The summed E-state index contributed by atoms with van der Waals surface area (Å²) in [6, 6.07) is 1.74. The van der Waals surface area contributed by atoms with Crippen molar-refractivity contribution in [3.63, 3.8) is 0 Å². The van der Waals surface area contributed by atoms with Gasteiger partial charge >= 0.3 is 0 Å². The molecule has 1 aromatic rings. The second-order valence-electron chi connectivity index (χ2n) is 6.07. The van der Waals surface area contributed by atoms with Crippen molar-refractivity contribution >= 4 is 5.82 Å². The molecule has 1 heterocycles. The fourth-order valence-corrected chi connectivity index (χ4v) is 1.79. The predicted octanol–water partition coefficient (Wildman–Crippen LogP) is 3.41. The first-order valence-corrected chi connectivity index (χ1v) is 7.46. The summed E-state index contributed by atoms with van der Waals surface area (Å²) in [7, 11) is 0. The molecule has 0 radical (unpaired) electrons. The van der Waals surface area contributed by atoms with E-state index < -0.39 is 0 Å². The van der Waals surface area contributed by atoms with Gasteiger partial charge in [-0.05, 0) is 6.42 Å². The number of nitrogens with zero attached hydrogens (tertiary/aromatic N) is 2. The molecule has 0 aliphatic carbocycles. The summed E-state index contributed by atoms with van der Waals surface area (Å²) in [5.41, 5.74) is 2.43. The summed E-state index contributed by atoms with van der Waals surface area (Å²) < 4.78 is 5.72. The third-order valence-electron chi connectivity index (χ3n) is 3.02. The molecule has 0 saturated carbocycles. The number of nitrogens with two attached hydrogens (primary N) is 1. The summed E-state index contributed by atoms with van der Waals surface area (Å²) in [4.78, 5) is 8.82. The molecule has 0 saturated heterocycles. The van der Waals surface area contributed by atoms with Crippen molar-refractivity contribution in [1.82, 2.24) is 9.97 Å². The number of unbranched alkanes of at least 4 members (excludes halogenated alkanes) is 4. The molecule has 3 N–H and O–H groups in total. The number of nitrogens with one attached hydrogen (secondary N) is 1. The summed E-state index contributed by atoms with van der Waals surface area (Å²) in [5.74, 6) is 7.36. The van der Waals surface area contributed by atoms with Crippen LogP contribution in [0.1, 0.15) is 65.6 Å². The van der Waals surface area contributed by atoms with E-state index in [1.807, 2.05) is 0 Å². The molecular weight excluding hydrogens is 252 g/mol. The Morgan fingerprint density at radius 2 is 1.85 bits per heavy atom. The Kier molecular flexibility index (Phi) is 6.71. The molecule has 0 spiro atoms. The highest BCUT2D eigenvalue weighted by molar-refractivity contribution is 5.37. The summed E-state index contributed by atoms with van der Waals surface area (Å²) >= 11 is 0. The molecule has 5 nitrogen and oxygen atoms in total. The fourth-order valence-electron chi connectivity index (χ4n) is 1.79. The highest BCUT2D eigenvalue weighted by atomic mass is 16.5. The van der Waals surface area contributed by atoms with Gasteiger partial charge in [0, 0.05) is 11.5 Å². The van der Waals surface area contributed by atoms with Gasteiger partial charge in [-0.2, -0.15) is 4.98 Å². The van der Waals surface area contributed by atoms with E-state index in [9.17, 15) is 0 Å². The second kappa shape index (κ2) is 8.04. The van der Waals surface area contributed by atoms with Gasteiger partial charge in [-0.1, -0.05) is 53.4 Å². The van der Waals surface area contributed by atoms with Gasteiger partial charge in [0.15, 0.2) is 0 Å². The molecule has 0 unspecified atom stereocenters. The minimum atomic E-state index is -0.133. The molecule has 1 rings (SSSR count). The lowest BCUT2D eigenvalue weighted by molar-refractivity contribution is 0.290. The third kappa shape index (κ3) is 5.74.